The Hall–Kier alpha value is -3.99. The molecule has 3 aliphatic rings. The zero-order valence-corrected chi connectivity index (χ0v) is 18.8. The number of H-pyrrole nitrogens is 1. The van der Waals surface area contributed by atoms with Gasteiger partial charge in [-0.15, -0.1) is 10.2 Å². The van der Waals surface area contributed by atoms with E-state index in [2.05, 4.69) is 37.4 Å². The van der Waals surface area contributed by atoms with Crippen molar-refractivity contribution in [2.75, 3.05) is 6.54 Å². The fourth-order valence-electron chi connectivity index (χ4n) is 4.64. The first-order valence-corrected chi connectivity index (χ1v) is 11.4. The third kappa shape index (κ3) is 3.63. The van der Waals surface area contributed by atoms with Crippen LogP contribution in [0.5, 0.6) is 0 Å². The average molecular weight is 460 g/mol. The van der Waals surface area contributed by atoms with Crippen LogP contribution in [0.1, 0.15) is 47.4 Å². The van der Waals surface area contributed by atoms with Crippen LogP contribution in [0.25, 0.3) is 11.6 Å². The van der Waals surface area contributed by atoms with Crippen molar-refractivity contribution in [1.29, 1.82) is 0 Å². The van der Waals surface area contributed by atoms with Gasteiger partial charge in [-0.2, -0.15) is 5.10 Å². The molecule has 1 atom stereocenters. The number of carbonyl (C=O) groups excluding carboxylic acids is 1. The molecule has 1 saturated carbocycles. The smallest absolute Gasteiger partial charge is 0.312 e. The van der Waals surface area contributed by atoms with E-state index in [0.29, 0.717) is 31.0 Å². The highest BCUT2D eigenvalue weighted by Gasteiger charge is 2.36. The number of allylic oxidation sites excluding steroid dienone is 3. The molecule has 0 saturated heterocycles. The molecule has 11 nitrogen and oxygen atoms in total. The summed E-state index contributed by atoms with van der Waals surface area (Å²) in [6.45, 7) is 0.515. The summed E-state index contributed by atoms with van der Waals surface area (Å²) in [5.74, 6) is 6.65. The number of carbonyl (C=O) groups is 1. The van der Waals surface area contributed by atoms with E-state index in [-0.39, 0.29) is 23.7 Å². The Morgan fingerprint density at radius 3 is 3.03 bits per heavy atom. The minimum Gasteiger partial charge on any atom is -0.411 e. The number of fused-ring (bicyclic) bond motifs is 1. The van der Waals surface area contributed by atoms with E-state index in [0.717, 1.165) is 17.1 Å². The summed E-state index contributed by atoms with van der Waals surface area (Å²) in [4.78, 5) is 23.0. The van der Waals surface area contributed by atoms with Crippen LogP contribution >= 0.6 is 0 Å². The van der Waals surface area contributed by atoms with Crippen molar-refractivity contribution < 1.29 is 9.21 Å². The minimum atomic E-state index is -0.321. The molecule has 0 radical (unpaired) electrons. The largest absolute Gasteiger partial charge is 0.411 e. The molecule has 0 bridgehead atoms. The number of hydrogen-bond acceptors (Lipinski definition) is 8. The van der Waals surface area contributed by atoms with Crippen LogP contribution in [0.2, 0.25) is 0 Å². The Bertz CT molecular complexity index is 1320. The molecule has 6 rings (SSSR count). The number of aromatic nitrogens is 6. The molecular weight excluding hydrogens is 434 g/mol. The summed E-state index contributed by atoms with van der Waals surface area (Å²) in [6.07, 6.45) is 15.1. The predicted octanol–water partition coefficient (Wildman–Crippen LogP) is 2.25. The Labute approximate surface area is 195 Å². The zero-order chi connectivity index (χ0) is 23.2. The summed E-state index contributed by atoms with van der Waals surface area (Å²) in [5.41, 5.74) is 4.65. The Balaban J connectivity index is 1.29. The highest BCUT2D eigenvalue weighted by Crippen LogP contribution is 2.42. The van der Waals surface area contributed by atoms with Crippen molar-refractivity contribution in [2.45, 2.75) is 31.7 Å². The van der Waals surface area contributed by atoms with Crippen LogP contribution in [0.3, 0.4) is 0 Å². The number of hydrazine groups is 1. The molecule has 174 valence electrons. The van der Waals surface area contributed by atoms with Gasteiger partial charge in [-0.1, -0.05) is 12.2 Å². The molecule has 11 heteroatoms. The second kappa shape index (κ2) is 8.10. The van der Waals surface area contributed by atoms with Crippen LogP contribution in [0.15, 0.2) is 58.7 Å². The molecular formula is C23H25N9O2. The molecule has 5 heterocycles. The second-order valence-corrected chi connectivity index (χ2v) is 8.79. The van der Waals surface area contributed by atoms with Gasteiger partial charge in [-0.25, -0.2) is 10.8 Å². The molecule has 3 N–H and O–H groups in total. The molecule has 0 aromatic carbocycles. The Morgan fingerprint density at radius 1 is 1.35 bits per heavy atom. The number of nitrogens with two attached hydrogens (primary N) is 1. The van der Waals surface area contributed by atoms with Gasteiger partial charge in [0.2, 0.25) is 0 Å². The molecule has 2 aliphatic heterocycles. The lowest BCUT2D eigenvalue weighted by atomic mass is 9.97. The summed E-state index contributed by atoms with van der Waals surface area (Å²) in [7, 11) is 1.80. The van der Waals surface area contributed by atoms with Gasteiger partial charge >= 0.3 is 11.8 Å². The van der Waals surface area contributed by atoms with E-state index < -0.39 is 0 Å². The maximum atomic E-state index is 13.5. The zero-order valence-electron chi connectivity index (χ0n) is 18.8. The molecule has 34 heavy (non-hydrogen) atoms. The SMILES string of the molecule is Cn1ccc(-c2nnc(C(=O)N3CCc4[nH]cnc4[C@@H]3C/C=C3/C(C4CC4)=CC=CN3N)o2)n1. The van der Waals surface area contributed by atoms with E-state index in [9.17, 15) is 4.79 Å². The topological polar surface area (TPSA) is 135 Å². The number of nitrogens with one attached hydrogen (secondary N) is 1. The van der Waals surface area contributed by atoms with Gasteiger partial charge in [0, 0.05) is 38.1 Å². The van der Waals surface area contributed by atoms with Crippen molar-refractivity contribution in [3.8, 4) is 11.6 Å². The van der Waals surface area contributed by atoms with Crippen molar-refractivity contribution >= 4 is 5.91 Å². The Morgan fingerprint density at radius 2 is 2.24 bits per heavy atom. The molecule has 1 aliphatic carbocycles. The molecule has 0 unspecified atom stereocenters. The fourth-order valence-corrected chi connectivity index (χ4v) is 4.64. The lowest BCUT2D eigenvalue weighted by Gasteiger charge is -2.34. The molecule has 1 fully saturated rings. The fraction of sp³-hybridized carbons (Fsp3) is 0.348. The average Bonchev–Trinajstić information content (AvgIpc) is 3.21. The molecule has 3 aromatic rings. The van der Waals surface area contributed by atoms with Gasteiger partial charge in [-0.3, -0.25) is 14.5 Å². The minimum absolute atomic E-state index is 0.0584. The highest BCUT2D eigenvalue weighted by atomic mass is 16.4. The van der Waals surface area contributed by atoms with Crippen LogP contribution in [-0.4, -0.2) is 52.3 Å². The van der Waals surface area contributed by atoms with Crippen LogP contribution < -0.4 is 5.84 Å². The van der Waals surface area contributed by atoms with Gasteiger partial charge in [0.1, 0.15) is 5.69 Å². The third-order valence-electron chi connectivity index (χ3n) is 6.50. The predicted molar refractivity (Wildman–Crippen MR) is 121 cm³/mol. The van der Waals surface area contributed by atoms with Crippen molar-refractivity contribution in [3.05, 3.63) is 71.6 Å². The number of hydrogen-bond donors (Lipinski definition) is 2. The van der Waals surface area contributed by atoms with E-state index in [1.807, 2.05) is 12.3 Å². The quantitative estimate of drug-likeness (QED) is 0.555. The third-order valence-corrected chi connectivity index (χ3v) is 6.50. The van der Waals surface area contributed by atoms with Gasteiger partial charge in [0.25, 0.3) is 5.89 Å². The summed E-state index contributed by atoms with van der Waals surface area (Å²) in [5, 5.41) is 14.0. The summed E-state index contributed by atoms with van der Waals surface area (Å²) in [6, 6.07) is 1.48. The first-order valence-electron chi connectivity index (χ1n) is 11.4. The second-order valence-electron chi connectivity index (χ2n) is 8.79. The number of rotatable bonds is 5. The van der Waals surface area contributed by atoms with Gasteiger partial charge in [0.05, 0.1) is 23.8 Å². The number of amides is 1. The van der Waals surface area contributed by atoms with Crippen LogP contribution in [0.4, 0.5) is 0 Å². The normalized spacial score (nSPS) is 21.2. The van der Waals surface area contributed by atoms with Crippen LogP contribution in [-0.2, 0) is 13.5 Å². The maximum Gasteiger partial charge on any atom is 0.312 e. The molecule has 3 aromatic heterocycles. The van der Waals surface area contributed by atoms with Crippen LogP contribution in [0, 0.1) is 5.92 Å². The van der Waals surface area contributed by atoms with Gasteiger partial charge < -0.3 is 14.3 Å². The highest BCUT2D eigenvalue weighted by molar-refractivity contribution is 5.90. The number of imidazole rings is 1. The van der Waals surface area contributed by atoms with Crippen molar-refractivity contribution in [2.24, 2.45) is 18.8 Å². The van der Waals surface area contributed by atoms with Gasteiger partial charge in [0.15, 0.2) is 0 Å². The monoisotopic (exact) mass is 459 g/mol. The van der Waals surface area contributed by atoms with Crippen molar-refractivity contribution in [3.63, 3.8) is 0 Å². The number of nitrogens with zero attached hydrogens (tertiary/aromatic N) is 7. The van der Waals surface area contributed by atoms with Crippen molar-refractivity contribution in [1.82, 2.24) is 39.9 Å². The lowest BCUT2D eigenvalue weighted by molar-refractivity contribution is 0.0616. The van der Waals surface area contributed by atoms with E-state index >= 15 is 0 Å². The standard InChI is InChI=1S/C23H25N9O2/c1-30-11-8-17(29-30)21-27-28-22(34-21)23(33)31-12-9-16-20(26-13-25-16)19(31)7-6-18-15(14-4-5-14)3-2-10-32(18)24/h2-3,6,8,10-11,13-14,19H,4-5,7,9,12,24H2,1H3,(H,25,26)/b18-6-/t19-/m0/s1. The van der Waals surface area contributed by atoms with E-state index in [1.54, 1.807) is 40.2 Å². The first-order chi connectivity index (χ1) is 16.6. The number of aromatic amines is 1. The van der Waals surface area contributed by atoms with E-state index in [4.69, 9.17) is 10.3 Å². The van der Waals surface area contributed by atoms with Gasteiger partial charge in [-0.05, 0) is 42.9 Å². The van der Waals surface area contributed by atoms with E-state index in [1.165, 1.54) is 18.4 Å². The molecule has 1 amide bonds. The summed E-state index contributed by atoms with van der Waals surface area (Å²) >= 11 is 0. The lowest BCUT2D eigenvalue weighted by Crippen LogP contribution is -2.40. The summed E-state index contributed by atoms with van der Waals surface area (Å²) < 4.78 is 7.34. The molecule has 0 spiro atoms. The maximum absolute atomic E-state index is 13.5. The number of aryl methyl sites for hydroxylation is 1. The Kier molecular flexibility index (Phi) is 4.91. The first kappa shape index (κ1) is 20.6.